The topological polar surface area (TPSA) is 92.1 Å². The van der Waals surface area contributed by atoms with E-state index in [2.05, 4.69) is 5.16 Å². The first kappa shape index (κ1) is 14.1. The molecule has 0 unspecified atom stereocenters. The SMILES string of the molecule is CCCN(CC(N)=NO)C(=O)CCc1ccco1. The minimum Gasteiger partial charge on any atom is -0.469 e. The van der Waals surface area contributed by atoms with E-state index in [1.165, 1.54) is 0 Å². The number of amides is 1. The zero-order chi connectivity index (χ0) is 13.4. The molecule has 1 amide bonds. The monoisotopic (exact) mass is 253 g/mol. The van der Waals surface area contributed by atoms with Crippen LogP contribution in [0.1, 0.15) is 25.5 Å². The van der Waals surface area contributed by atoms with E-state index in [-0.39, 0.29) is 18.3 Å². The fourth-order valence-electron chi connectivity index (χ4n) is 1.63. The zero-order valence-corrected chi connectivity index (χ0v) is 10.5. The second-order valence-electron chi connectivity index (χ2n) is 3.99. The van der Waals surface area contributed by atoms with E-state index in [1.54, 1.807) is 17.2 Å². The van der Waals surface area contributed by atoms with E-state index in [0.717, 1.165) is 12.2 Å². The van der Waals surface area contributed by atoms with Crippen LogP contribution in [0.15, 0.2) is 28.0 Å². The molecule has 6 nitrogen and oxygen atoms in total. The van der Waals surface area contributed by atoms with Gasteiger partial charge in [0.15, 0.2) is 5.84 Å². The van der Waals surface area contributed by atoms with E-state index in [1.807, 2.05) is 13.0 Å². The van der Waals surface area contributed by atoms with Crippen molar-refractivity contribution in [2.24, 2.45) is 10.9 Å². The van der Waals surface area contributed by atoms with Gasteiger partial charge in [-0.15, -0.1) is 0 Å². The van der Waals surface area contributed by atoms with E-state index in [9.17, 15) is 4.79 Å². The highest BCUT2D eigenvalue weighted by Gasteiger charge is 2.14. The molecule has 0 atom stereocenters. The van der Waals surface area contributed by atoms with Gasteiger partial charge in [0.2, 0.25) is 5.91 Å². The third-order valence-electron chi connectivity index (χ3n) is 2.49. The van der Waals surface area contributed by atoms with E-state index in [4.69, 9.17) is 15.4 Å². The molecule has 0 aliphatic carbocycles. The first-order chi connectivity index (χ1) is 8.67. The first-order valence-electron chi connectivity index (χ1n) is 5.94. The fraction of sp³-hybridized carbons (Fsp3) is 0.500. The molecule has 0 aromatic carbocycles. The highest BCUT2D eigenvalue weighted by molar-refractivity contribution is 5.86. The number of oxime groups is 1. The van der Waals surface area contributed by atoms with Gasteiger partial charge in [-0.3, -0.25) is 4.79 Å². The van der Waals surface area contributed by atoms with Gasteiger partial charge in [0, 0.05) is 19.4 Å². The van der Waals surface area contributed by atoms with Gasteiger partial charge in [-0.25, -0.2) is 0 Å². The van der Waals surface area contributed by atoms with Crippen LogP contribution < -0.4 is 5.73 Å². The Hall–Kier alpha value is -1.98. The van der Waals surface area contributed by atoms with Gasteiger partial charge in [0.05, 0.1) is 12.8 Å². The Morgan fingerprint density at radius 1 is 1.61 bits per heavy atom. The van der Waals surface area contributed by atoms with Gasteiger partial charge in [0.1, 0.15) is 5.76 Å². The standard InChI is InChI=1S/C12H19N3O3/c1-2-7-15(9-11(13)14-17)12(16)6-5-10-4-3-8-18-10/h3-4,8,17H,2,5-7,9H2,1H3,(H2,13,14). The molecule has 1 aromatic heterocycles. The summed E-state index contributed by atoms with van der Waals surface area (Å²) in [5.74, 6) is 0.790. The van der Waals surface area contributed by atoms with E-state index in [0.29, 0.717) is 19.4 Å². The van der Waals surface area contributed by atoms with Crippen molar-refractivity contribution < 1.29 is 14.4 Å². The maximum Gasteiger partial charge on any atom is 0.223 e. The minimum absolute atomic E-state index is 0.0279. The lowest BCUT2D eigenvalue weighted by Gasteiger charge is -2.21. The summed E-state index contributed by atoms with van der Waals surface area (Å²) in [7, 11) is 0. The van der Waals surface area contributed by atoms with E-state index >= 15 is 0 Å². The zero-order valence-electron chi connectivity index (χ0n) is 10.5. The molecule has 100 valence electrons. The molecule has 3 N–H and O–H groups in total. The lowest BCUT2D eigenvalue weighted by Crippen LogP contribution is -2.39. The number of hydrogen-bond acceptors (Lipinski definition) is 4. The Morgan fingerprint density at radius 2 is 2.39 bits per heavy atom. The summed E-state index contributed by atoms with van der Waals surface area (Å²) < 4.78 is 5.17. The molecule has 0 aliphatic heterocycles. The molecule has 0 aliphatic rings. The average Bonchev–Trinajstić information content (AvgIpc) is 2.88. The lowest BCUT2D eigenvalue weighted by molar-refractivity contribution is -0.130. The van der Waals surface area contributed by atoms with Crippen molar-refractivity contribution in [2.45, 2.75) is 26.2 Å². The van der Waals surface area contributed by atoms with Gasteiger partial charge in [-0.1, -0.05) is 12.1 Å². The molecule has 1 rings (SSSR count). The number of aryl methyl sites for hydroxylation is 1. The Bertz CT molecular complexity index is 387. The van der Waals surface area contributed by atoms with Crippen LogP contribution in [0.3, 0.4) is 0 Å². The largest absolute Gasteiger partial charge is 0.469 e. The number of hydrogen-bond donors (Lipinski definition) is 2. The van der Waals surface area contributed by atoms with Crippen LogP contribution in [0.2, 0.25) is 0 Å². The van der Waals surface area contributed by atoms with Crippen molar-refractivity contribution in [3.8, 4) is 0 Å². The highest BCUT2D eigenvalue weighted by atomic mass is 16.4. The molecule has 0 saturated carbocycles. The lowest BCUT2D eigenvalue weighted by atomic mass is 10.2. The van der Waals surface area contributed by atoms with Crippen molar-refractivity contribution in [2.75, 3.05) is 13.1 Å². The third kappa shape index (κ3) is 4.48. The molecular formula is C12H19N3O3. The summed E-state index contributed by atoms with van der Waals surface area (Å²) in [6.45, 7) is 2.72. The Labute approximate surface area is 106 Å². The maximum absolute atomic E-state index is 12.0. The van der Waals surface area contributed by atoms with Crippen LogP contribution in [0.5, 0.6) is 0 Å². The predicted octanol–water partition coefficient (Wildman–Crippen LogP) is 1.20. The van der Waals surface area contributed by atoms with Crippen LogP contribution in [0.25, 0.3) is 0 Å². The summed E-state index contributed by atoms with van der Waals surface area (Å²) in [4.78, 5) is 13.6. The smallest absolute Gasteiger partial charge is 0.223 e. The molecule has 0 bridgehead atoms. The van der Waals surface area contributed by atoms with E-state index < -0.39 is 0 Å². The summed E-state index contributed by atoms with van der Waals surface area (Å²) in [6.07, 6.45) is 3.32. The molecule has 1 aromatic rings. The number of rotatable bonds is 7. The summed E-state index contributed by atoms with van der Waals surface area (Å²) in [5, 5.41) is 11.4. The summed E-state index contributed by atoms with van der Waals surface area (Å²) >= 11 is 0. The molecule has 1 heterocycles. The second kappa shape index (κ2) is 7.37. The number of amidine groups is 1. The Kier molecular flexibility index (Phi) is 5.76. The molecule has 0 radical (unpaired) electrons. The summed E-state index contributed by atoms with van der Waals surface area (Å²) in [5.41, 5.74) is 5.42. The Balaban J connectivity index is 2.48. The quantitative estimate of drug-likeness (QED) is 0.330. The van der Waals surface area contributed by atoms with Crippen LogP contribution in [0, 0.1) is 0 Å². The third-order valence-corrected chi connectivity index (χ3v) is 2.49. The fourth-order valence-corrected chi connectivity index (χ4v) is 1.63. The number of furan rings is 1. The van der Waals surface area contributed by atoms with Gasteiger partial charge in [-0.05, 0) is 18.6 Å². The summed E-state index contributed by atoms with van der Waals surface area (Å²) in [6, 6.07) is 3.63. The van der Waals surface area contributed by atoms with Crippen molar-refractivity contribution >= 4 is 11.7 Å². The van der Waals surface area contributed by atoms with Crippen molar-refractivity contribution in [1.29, 1.82) is 0 Å². The Morgan fingerprint density at radius 3 is 2.94 bits per heavy atom. The normalized spacial score (nSPS) is 11.5. The van der Waals surface area contributed by atoms with Crippen LogP contribution in [-0.4, -0.2) is 34.9 Å². The molecule has 18 heavy (non-hydrogen) atoms. The molecule has 0 spiro atoms. The average molecular weight is 253 g/mol. The number of nitrogens with two attached hydrogens (primary N) is 1. The van der Waals surface area contributed by atoms with Crippen molar-refractivity contribution in [3.05, 3.63) is 24.2 Å². The van der Waals surface area contributed by atoms with Crippen LogP contribution >= 0.6 is 0 Å². The number of nitrogens with zero attached hydrogens (tertiary/aromatic N) is 2. The maximum atomic E-state index is 12.0. The van der Waals surface area contributed by atoms with Crippen molar-refractivity contribution in [1.82, 2.24) is 4.90 Å². The predicted molar refractivity (Wildman–Crippen MR) is 67.3 cm³/mol. The number of carbonyl (C=O) groups excluding carboxylic acids is 1. The van der Waals surface area contributed by atoms with Gasteiger partial charge >= 0.3 is 0 Å². The molecule has 0 fully saturated rings. The minimum atomic E-state index is -0.0279. The van der Waals surface area contributed by atoms with Gasteiger partial charge in [0.25, 0.3) is 0 Å². The van der Waals surface area contributed by atoms with Gasteiger partial charge < -0.3 is 20.3 Å². The van der Waals surface area contributed by atoms with Crippen LogP contribution in [-0.2, 0) is 11.2 Å². The first-order valence-corrected chi connectivity index (χ1v) is 5.94. The van der Waals surface area contributed by atoms with Gasteiger partial charge in [-0.2, -0.15) is 0 Å². The highest BCUT2D eigenvalue weighted by Crippen LogP contribution is 2.06. The van der Waals surface area contributed by atoms with Crippen molar-refractivity contribution in [3.63, 3.8) is 0 Å². The molecule has 6 heteroatoms. The number of carbonyl (C=O) groups is 1. The van der Waals surface area contributed by atoms with Crippen LogP contribution in [0.4, 0.5) is 0 Å². The molecular weight excluding hydrogens is 234 g/mol. The second-order valence-corrected chi connectivity index (χ2v) is 3.99. The molecule has 0 saturated heterocycles.